The van der Waals surface area contributed by atoms with Crippen molar-refractivity contribution in [3.8, 4) is 5.69 Å². The Balaban J connectivity index is 1.54. The fraction of sp³-hybridized carbons (Fsp3) is 0.500. The van der Waals surface area contributed by atoms with E-state index < -0.39 is 6.10 Å². The third-order valence-electron chi connectivity index (χ3n) is 3.49. The lowest BCUT2D eigenvalue weighted by Crippen LogP contribution is -2.42. The molecule has 1 fully saturated rings. The van der Waals surface area contributed by atoms with E-state index in [2.05, 4.69) is 10.00 Å². The first-order valence-corrected chi connectivity index (χ1v) is 6.95. The summed E-state index contributed by atoms with van der Waals surface area (Å²) < 4.78 is 9.09. The molecule has 1 saturated heterocycles. The first-order chi connectivity index (χ1) is 9.81. The predicted octanol–water partition coefficient (Wildman–Crippen LogP) is 0.367. The monoisotopic (exact) mass is 276 g/mol. The fourth-order valence-electron chi connectivity index (χ4n) is 2.45. The molecular formula is C14H20N4O2. The Bertz CT molecular complexity index is 517. The standard InChI is InChI=1S/C14H20N4O2/c19-14(11-16-5-7-20-8-6-16)12-18-10-13(9-15-18)17-3-1-2-4-17/h1-4,9-10,14,19H,5-8,11-12H2. The number of aliphatic hydroxyl groups excluding tert-OH is 1. The smallest absolute Gasteiger partial charge is 0.0862 e. The number of rotatable bonds is 5. The van der Waals surface area contributed by atoms with Gasteiger partial charge in [0.05, 0.1) is 37.7 Å². The van der Waals surface area contributed by atoms with E-state index in [1.165, 1.54) is 0 Å². The maximum absolute atomic E-state index is 10.1. The summed E-state index contributed by atoms with van der Waals surface area (Å²) in [6.45, 7) is 4.48. The van der Waals surface area contributed by atoms with Gasteiger partial charge in [0, 0.05) is 38.2 Å². The highest BCUT2D eigenvalue weighted by Gasteiger charge is 2.15. The van der Waals surface area contributed by atoms with Crippen LogP contribution >= 0.6 is 0 Å². The van der Waals surface area contributed by atoms with E-state index in [-0.39, 0.29) is 0 Å². The van der Waals surface area contributed by atoms with Crippen LogP contribution in [0.4, 0.5) is 0 Å². The van der Waals surface area contributed by atoms with E-state index in [1.807, 2.05) is 35.3 Å². The second kappa shape index (κ2) is 6.21. The number of hydrogen-bond donors (Lipinski definition) is 1. The molecule has 0 saturated carbocycles. The molecule has 1 atom stereocenters. The molecule has 2 aromatic rings. The van der Waals surface area contributed by atoms with Crippen molar-refractivity contribution in [2.45, 2.75) is 12.6 Å². The number of nitrogens with zero attached hydrogens (tertiary/aromatic N) is 4. The molecule has 0 amide bonds. The minimum atomic E-state index is -0.412. The molecule has 6 heteroatoms. The Morgan fingerprint density at radius 3 is 2.70 bits per heavy atom. The normalized spacial score (nSPS) is 18.2. The van der Waals surface area contributed by atoms with E-state index in [1.54, 1.807) is 10.9 Å². The van der Waals surface area contributed by atoms with Crippen LogP contribution in [0.15, 0.2) is 36.9 Å². The van der Waals surface area contributed by atoms with Gasteiger partial charge in [-0.05, 0) is 12.1 Å². The summed E-state index contributed by atoms with van der Waals surface area (Å²) in [5.41, 5.74) is 1.01. The molecule has 20 heavy (non-hydrogen) atoms. The zero-order valence-electron chi connectivity index (χ0n) is 11.4. The number of hydrogen-bond acceptors (Lipinski definition) is 4. The Hall–Kier alpha value is -1.63. The van der Waals surface area contributed by atoms with E-state index in [9.17, 15) is 5.11 Å². The van der Waals surface area contributed by atoms with Crippen LogP contribution in [-0.2, 0) is 11.3 Å². The van der Waals surface area contributed by atoms with Crippen LogP contribution in [0, 0.1) is 0 Å². The van der Waals surface area contributed by atoms with Gasteiger partial charge >= 0.3 is 0 Å². The van der Waals surface area contributed by atoms with Crippen LogP contribution in [0.1, 0.15) is 0 Å². The summed E-state index contributed by atoms with van der Waals surface area (Å²) >= 11 is 0. The van der Waals surface area contributed by atoms with Crippen molar-refractivity contribution in [1.82, 2.24) is 19.2 Å². The predicted molar refractivity (Wildman–Crippen MR) is 74.8 cm³/mol. The van der Waals surface area contributed by atoms with Crippen LogP contribution in [-0.4, -0.2) is 63.3 Å². The summed E-state index contributed by atoms with van der Waals surface area (Å²) in [5, 5.41) is 14.4. The maximum atomic E-state index is 10.1. The van der Waals surface area contributed by atoms with Gasteiger partial charge in [-0.25, -0.2) is 0 Å². The van der Waals surface area contributed by atoms with Crippen LogP contribution < -0.4 is 0 Å². The summed E-state index contributed by atoms with van der Waals surface area (Å²) in [5.74, 6) is 0. The molecule has 0 radical (unpaired) electrons. The van der Waals surface area contributed by atoms with Gasteiger partial charge in [0.15, 0.2) is 0 Å². The summed E-state index contributed by atoms with van der Waals surface area (Å²) in [6, 6.07) is 3.95. The van der Waals surface area contributed by atoms with Crippen molar-refractivity contribution in [3.63, 3.8) is 0 Å². The van der Waals surface area contributed by atoms with Crippen molar-refractivity contribution < 1.29 is 9.84 Å². The largest absolute Gasteiger partial charge is 0.390 e. The van der Waals surface area contributed by atoms with Gasteiger partial charge in [0.25, 0.3) is 0 Å². The zero-order valence-corrected chi connectivity index (χ0v) is 11.4. The molecule has 0 aromatic carbocycles. The Morgan fingerprint density at radius 2 is 1.95 bits per heavy atom. The highest BCUT2D eigenvalue weighted by molar-refractivity contribution is 5.26. The lowest BCUT2D eigenvalue weighted by Gasteiger charge is -2.28. The van der Waals surface area contributed by atoms with Gasteiger partial charge in [0.2, 0.25) is 0 Å². The Morgan fingerprint density at radius 1 is 1.20 bits per heavy atom. The van der Waals surface area contributed by atoms with Gasteiger partial charge in [0.1, 0.15) is 0 Å². The van der Waals surface area contributed by atoms with Gasteiger partial charge in [-0.3, -0.25) is 9.58 Å². The first kappa shape index (κ1) is 13.4. The van der Waals surface area contributed by atoms with Crippen LogP contribution in [0.2, 0.25) is 0 Å². The number of β-amino-alcohol motifs (C(OH)–C–C–N with tert-alkyl or cyclic N) is 1. The molecular weight excluding hydrogens is 256 g/mol. The average molecular weight is 276 g/mol. The van der Waals surface area contributed by atoms with E-state index >= 15 is 0 Å². The van der Waals surface area contributed by atoms with E-state index in [0.29, 0.717) is 13.1 Å². The SMILES string of the molecule is OC(CN1CCOCC1)Cn1cc(-n2cccc2)cn1. The minimum Gasteiger partial charge on any atom is -0.390 e. The summed E-state index contributed by atoms with van der Waals surface area (Å²) in [4.78, 5) is 2.23. The second-order valence-electron chi connectivity index (χ2n) is 5.08. The second-order valence-corrected chi connectivity index (χ2v) is 5.08. The minimum absolute atomic E-state index is 0.412. The molecule has 1 aliphatic heterocycles. The maximum Gasteiger partial charge on any atom is 0.0862 e. The third-order valence-corrected chi connectivity index (χ3v) is 3.49. The number of aliphatic hydroxyl groups is 1. The molecule has 0 aliphatic carbocycles. The van der Waals surface area contributed by atoms with Crippen molar-refractivity contribution >= 4 is 0 Å². The highest BCUT2D eigenvalue weighted by Crippen LogP contribution is 2.07. The Kier molecular flexibility index (Phi) is 4.15. The van der Waals surface area contributed by atoms with Crippen molar-refractivity contribution in [1.29, 1.82) is 0 Å². The fourth-order valence-corrected chi connectivity index (χ4v) is 2.45. The molecule has 6 nitrogen and oxygen atoms in total. The van der Waals surface area contributed by atoms with Gasteiger partial charge < -0.3 is 14.4 Å². The summed E-state index contributed by atoms with van der Waals surface area (Å²) in [6.07, 6.45) is 7.30. The topological polar surface area (TPSA) is 55.5 Å². The average Bonchev–Trinajstić information content (AvgIpc) is 3.10. The number of aromatic nitrogens is 3. The first-order valence-electron chi connectivity index (χ1n) is 6.95. The lowest BCUT2D eigenvalue weighted by molar-refractivity contribution is 0.0108. The molecule has 0 bridgehead atoms. The quantitative estimate of drug-likeness (QED) is 0.857. The van der Waals surface area contributed by atoms with Gasteiger partial charge in [-0.15, -0.1) is 0 Å². The molecule has 2 aromatic heterocycles. The number of ether oxygens (including phenoxy) is 1. The molecule has 1 unspecified atom stereocenters. The highest BCUT2D eigenvalue weighted by atomic mass is 16.5. The molecule has 1 aliphatic rings. The van der Waals surface area contributed by atoms with E-state index in [4.69, 9.17) is 4.74 Å². The van der Waals surface area contributed by atoms with Gasteiger partial charge in [-0.1, -0.05) is 0 Å². The van der Waals surface area contributed by atoms with Crippen LogP contribution in [0.25, 0.3) is 5.69 Å². The number of morpholine rings is 1. The lowest BCUT2D eigenvalue weighted by atomic mass is 10.3. The summed E-state index contributed by atoms with van der Waals surface area (Å²) in [7, 11) is 0. The molecule has 3 rings (SSSR count). The van der Waals surface area contributed by atoms with Crippen molar-refractivity contribution in [3.05, 3.63) is 36.9 Å². The van der Waals surface area contributed by atoms with Gasteiger partial charge in [-0.2, -0.15) is 5.10 Å². The third kappa shape index (κ3) is 3.27. The van der Waals surface area contributed by atoms with Crippen LogP contribution in [0.5, 0.6) is 0 Å². The molecule has 0 spiro atoms. The Labute approximate surface area is 118 Å². The van der Waals surface area contributed by atoms with Crippen LogP contribution in [0.3, 0.4) is 0 Å². The molecule has 108 valence electrons. The van der Waals surface area contributed by atoms with Crippen molar-refractivity contribution in [2.75, 3.05) is 32.8 Å². The molecule has 3 heterocycles. The zero-order chi connectivity index (χ0) is 13.8. The molecule has 1 N–H and O–H groups in total. The van der Waals surface area contributed by atoms with Crippen molar-refractivity contribution in [2.24, 2.45) is 0 Å². The van der Waals surface area contributed by atoms with E-state index in [0.717, 1.165) is 32.0 Å².